The second-order valence-electron chi connectivity index (χ2n) is 5.51. The van der Waals surface area contributed by atoms with E-state index in [4.69, 9.17) is 4.42 Å². The molecule has 0 spiro atoms. The molecule has 104 valence electrons. The highest BCUT2D eigenvalue weighted by molar-refractivity contribution is 9.10. The number of hydrogen-bond acceptors (Lipinski definition) is 3. The number of hydrogen-bond donors (Lipinski definition) is 1. The van der Waals surface area contributed by atoms with Crippen LogP contribution in [0.1, 0.15) is 31.4 Å². The topological polar surface area (TPSA) is 45.5 Å². The summed E-state index contributed by atoms with van der Waals surface area (Å²) in [5.74, 6) is 1.67. The van der Waals surface area contributed by atoms with Crippen LogP contribution < -0.4 is 5.32 Å². The van der Waals surface area contributed by atoms with E-state index in [-0.39, 0.29) is 5.91 Å². The number of rotatable bonds is 3. The summed E-state index contributed by atoms with van der Waals surface area (Å²) in [7, 11) is 0. The molecule has 5 heteroatoms. The molecular formula is C14H19BrN2O2. The Morgan fingerprint density at radius 3 is 3.00 bits per heavy atom. The van der Waals surface area contributed by atoms with Crippen molar-refractivity contribution in [3.63, 3.8) is 0 Å². The van der Waals surface area contributed by atoms with Gasteiger partial charge in [0.05, 0.1) is 6.54 Å². The van der Waals surface area contributed by atoms with Crippen molar-refractivity contribution in [3.05, 3.63) is 22.6 Å². The molecule has 0 saturated carbocycles. The highest BCUT2D eigenvalue weighted by Gasteiger charge is 2.34. The number of furan rings is 1. The first-order chi connectivity index (χ1) is 9.22. The molecule has 0 aliphatic carbocycles. The molecule has 2 atom stereocenters. The molecule has 2 aliphatic rings. The van der Waals surface area contributed by atoms with Crippen molar-refractivity contribution in [2.45, 2.75) is 38.3 Å². The zero-order valence-corrected chi connectivity index (χ0v) is 12.5. The third kappa shape index (κ3) is 3.03. The zero-order chi connectivity index (χ0) is 13.2. The number of likely N-dealkylation sites (tertiary alicyclic amines) is 1. The van der Waals surface area contributed by atoms with Gasteiger partial charge in [-0.25, -0.2) is 0 Å². The minimum Gasteiger partial charge on any atom is -0.453 e. The third-order valence-corrected chi connectivity index (χ3v) is 4.63. The number of carbonyl (C=O) groups excluding carboxylic acids is 1. The Balaban J connectivity index is 1.68. The molecule has 1 N–H and O–H groups in total. The Labute approximate surface area is 121 Å². The van der Waals surface area contributed by atoms with Crippen molar-refractivity contribution in [1.82, 2.24) is 10.2 Å². The van der Waals surface area contributed by atoms with Crippen LogP contribution in [0.4, 0.5) is 0 Å². The van der Waals surface area contributed by atoms with E-state index in [1.807, 2.05) is 12.1 Å². The summed E-state index contributed by atoms with van der Waals surface area (Å²) in [5.41, 5.74) is 0. The molecule has 0 aromatic carbocycles. The van der Waals surface area contributed by atoms with Gasteiger partial charge in [0.25, 0.3) is 0 Å². The predicted molar refractivity (Wildman–Crippen MR) is 75.6 cm³/mol. The number of nitrogens with one attached hydrogen (secondary N) is 1. The van der Waals surface area contributed by atoms with Gasteiger partial charge in [-0.1, -0.05) is 6.42 Å². The average Bonchev–Trinajstić information content (AvgIpc) is 2.99. The summed E-state index contributed by atoms with van der Waals surface area (Å²) in [6.07, 6.45) is 4.39. The van der Waals surface area contributed by atoms with Crippen LogP contribution in [-0.4, -0.2) is 29.9 Å². The summed E-state index contributed by atoms with van der Waals surface area (Å²) in [6, 6.07) is 4.47. The first-order valence-corrected chi connectivity index (χ1v) is 7.76. The van der Waals surface area contributed by atoms with Gasteiger partial charge in [0, 0.05) is 24.9 Å². The van der Waals surface area contributed by atoms with Gasteiger partial charge in [0.15, 0.2) is 4.67 Å². The molecule has 1 aromatic heterocycles. The minimum absolute atomic E-state index is 0.205. The van der Waals surface area contributed by atoms with Gasteiger partial charge in [-0.2, -0.15) is 0 Å². The van der Waals surface area contributed by atoms with Gasteiger partial charge < -0.3 is 9.73 Å². The Morgan fingerprint density at radius 1 is 1.42 bits per heavy atom. The lowest BCUT2D eigenvalue weighted by Crippen LogP contribution is -2.44. The number of carbonyl (C=O) groups is 1. The van der Waals surface area contributed by atoms with Crippen molar-refractivity contribution < 1.29 is 9.21 Å². The molecule has 4 nitrogen and oxygen atoms in total. The molecule has 3 rings (SSSR count). The van der Waals surface area contributed by atoms with E-state index >= 15 is 0 Å². The normalized spacial score (nSPS) is 28.6. The predicted octanol–water partition coefficient (Wildman–Crippen LogP) is 2.53. The van der Waals surface area contributed by atoms with E-state index < -0.39 is 0 Å². The summed E-state index contributed by atoms with van der Waals surface area (Å²) in [4.78, 5) is 13.9. The lowest BCUT2D eigenvalue weighted by molar-refractivity contribution is -0.119. The molecule has 1 amide bonds. The SMILES string of the molecule is O=C1C[C@H]([C@@H]2CCCCN2Cc2ccc(Br)o2)CN1. The molecule has 3 heterocycles. The van der Waals surface area contributed by atoms with E-state index in [2.05, 4.69) is 26.1 Å². The summed E-state index contributed by atoms with van der Waals surface area (Å²) in [5, 5.41) is 2.96. The van der Waals surface area contributed by atoms with Crippen molar-refractivity contribution >= 4 is 21.8 Å². The molecular weight excluding hydrogens is 308 g/mol. The Morgan fingerprint density at radius 2 is 2.32 bits per heavy atom. The monoisotopic (exact) mass is 326 g/mol. The van der Waals surface area contributed by atoms with Gasteiger partial charge in [0.1, 0.15) is 5.76 Å². The lowest BCUT2D eigenvalue weighted by atomic mass is 9.89. The summed E-state index contributed by atoms with van der Waals surface area (Å²) in [6.45, 7) is 2.79. The van der Waals surface area contributed by atoms with Crippen LogP contribution in [0.25, 0.3) is 0 Å². The maximum atomic E-state index is 11.4. The van der Waals surface area contributed by atoms with E-state index in [1.54, 1.807) is 0 Å². The molecule has 2 saturated heterocycles. The van der Waals surface area contributed by atoms with Crippen molar-refractivity contribution in [3.8, 4) is 0 Å². The molecule has 0 radical (unpaired) electrons. The fraction of sp³-hybridized carbons (Fsp3) is 0.643. The highest BCUT2D eigenvalue weighted by atomic mass is 79.9. The highest BCUT2D eigenvalue weighted by Crippen LogP contribution is 2.29. The smallest absolute Gasteiger partial charge is 0.220 e. The van der Waals surface area contributed by atoms with Crippen LogP contribution >= 0.6 is 15.9 Å². The molecule has 1 aromatic rings. The number of halogens is 1. The summed E-state index contributed by atoms with van der Waals surface area (Å²) >= 11 is 3.35. The number of amides is 1. The van der Waals surface area contributed by atoms with Gasteiger partial charge in [-0.15, -0.1) is 0 Å². The third-order valence-electron chi connectivity index (χ3n) is 4.21. The maximum absolute atomic E-state index is 11.4. The Kier molecular flexibility index (Phi) is 3.93. The molecule has 0 bridgehead atoms. The first-order valence-electron chi connectivity index (χ1n) is 6.97. The van der Waals surface area contributed by atoms with Crippen LogP contribution in [0.5, 0.6) is 0 Å². The second-order valence-corrected chi connectivity index (χ2v) is 6.29. The first kappa shape index (κ1) is 13.2. The number of piperidine rings is 1. The number of nitrogens with zero attached hydrogens (tertiary/aromatic N) is 1. The van der Waals surface area contributed by atoms with E-state index in [1.165, 1.54) is 19.3 Å². The van der Waals surface area contributed by atoms with Crippen LogP contribution in [0, 0.1) is 5.92 Å². The molecule has 2 fully saturated rings. The molecule has 19 heavy (non-hydrogen) atoms. The van der Waals surface area contributed by atoms with Crippen LogP contribution in [0.2, 0.25) is 0 Å². The van der Waals surface area contributed by atoms with Crippen molar-refractivity contribution in [2.75, 3.05) is 13.1 Å². The van der Waals surface area contributed by atoms with E-state index in [0.29, 0.717) is 18.4 Å². The van der Waals surface area contributed by atoms with Gasteiger partial charge in [-0.3, -0.25) is 9.69 Å². The lowest BCUT2D eigenvalue weighted by Gasteiger charge is -2.38. The van der Waals surface area contributed by atoms with Crippen LogP contribution in [-0.2, 0) is 11.3 Å². The summed E-state index contributed by atoms with van der Waals surface area (Å²) < 4.78 is 6.40. The van der Waals surface area contributed by atoms with Crippen LogP contribution in [0.3, 0.4) is 0 Å². The largest absolute Gasteiger partial charge is 0.453 e. The van der Waals surface area contributed by atoms with Gasteiger partial charge in [0.2, 0.25) is 5.91 Å². The quantitative estimate of drug-likeness (QED) is 0.928. The second kappa shape index (κ2) is 5.67. The van der Waals surface area contributed by atoms with Crippen molar-refractivity contribution in [2.24, 2.45) is 5.92 Å². The Hall–Kier alpha value is -0.810. The van der Waals surface area contributed by atoms with Crippen molar-refractivity contribution in [1.29, 1.82) is 0 Å². The van der Waals surface area contributed by atoms with Gasteiger partial charge >= 0.3 is 0 Å². The standard InChI is InChI=1S/C14H19BrN2O2/c15-13-5-4-11(19-13)9-17-6-2-1-3-12(17)10-7-14(18)16-8-10/h4-5,10,12H,1-3,6-9H2,(H,16,18)/t10-,12-/m0/s1. The maximum Gasteiger partial charge on any atom is 0.220 e. The zero-order valence-electron chi connectivity index (χ0n) is 10.9. The average molecular weight is 327 g/mol. The Bertz CT molecular complexity index is 460. The fourth-order valence-electron chi connectivity index (χ4n) is 3.28. The van der Waals surface area contributed by atoms with E-state index in [9.17, 15) is 4.79 Å². The molecule has 2 aliphatic heterocycles. The fourth-order valence-corrected chi connectivity index (χ4v) is 3.62. The molecule has 0 unspecified atom stereocenters. The minimum atomic E-state index is 0.205. The van der Waals surface area contributed by atoms with Crippen LogP contribution in [0.15, 0.2) is 21.2 Å². The van der Waals surface area contributed by atoms with E-state index in [0.717, 1.165) is 30.1 Å². The van der Waals surface area contributed by atoms with Gasteiger partial charge in [-0.05, 0) is 47.4 Å².